The van der Waals surface area contributed by atoms with Crippen LogP contribution < -0.4 is 0 Å². The van der Waals surface area contributed by atoms with Crippen LogP contribution in [0.15, 0.2) is 30.3 Å². The number of nitrogens with one attached hydrogen (secondary N) is 1. The largest absolute Gasteiger partial charge is 0.464 e. The Balaban J connectivity index is 1.64. The number of Topliss-reactive ketones (excluding diaryl/α,β-unsaturated/α-hetero) is 1. The number of nitrogens with zero attached hydrogens (tertiary/aromatic N) is 2. The highest BCUT2D eigenvalue weighted by Gasteiger charge is 2.30. The van der Waals surface area contributed by atoms with Crippen LogP contribution in [0.5, 0.6) is 0 Å². The average molecular weight is 383 g/mol. The van der Waals surface area contributed by atoms with Crippen molar-refractivity contribution in [3.63, 3.8) is 0 Å². The number of hydrogen-bond donors (Lipinski definition) is 1. The van der Waals surface area contributed by atoms with Crippen molar-refractivity contribution in [1.29, 1.82) is 0 Å². The molecule has 1 fully saturated rings. The number of benzene rings is 1. The number of carbonyl (C=O) groups is 2. The second-order valence-corrected chi connectivity index (χ2v) is 7.45. The Hall–Kier alpha value is -2.44. The molecule has 150 valence electrons. The number of rotatable bonds is 6. The molecule has 1 aliphatic heterocycles. The van der Waals surface area contributed by atoms with Crippen LogP contribution in [-0.2, 0) is 11.3 Å². The molecule has 1 saturated heterocycles. The number of methoxy groups -OCH3 is 1. The van der Waals surface area contributed by atoms with Gasteiger partial charge in [-0.25, -0.2) is 4.79 Å². The summed E-state index contributed by atoms with van der Waals surface area (Å²) in [7, 11) is 1.34. The minimum absolute atomic E-state index is 0.0536. The smallest absolute Gasteiger partial charge is 0.354 e. The highest BCUT2D eigenvalue weighted by molar-refractivity contribution is 6.05. The lowest BCUT2D eigenvalue weighted by Crippen LogP contribution is -2.51. The molecule has 6 nitrogen and oxygen atoms in total. The molecule has 1 aromatic heterocycles. The van der Waals surface area contributed by atoms with Crippen LogP contribution in [-0.4, -0.2) is 65.9 Å². The van der Waals surface area contributed by atoms with Crippen LogP contribution >= 0.6 is 0 Å². The predicted molar refractivity (Wildman–Crippen MR) is 109 cm³/mol. The van der Waals surface area contributed by atoms with Gasteiger partial charge in [0.25, 0.3) is 0 Å². The van der Waals surface area contributed by atoms with Crippen LogP contribution in [0.3, 0.4) is 0 Å². The summed E-state index contributed by atoms with van der Waals surface area (Å²) in [6.45, 7) is 10.1. The lowest BCUT2D eigenvalue weighted by Gasteiger charge is -2.37. The summed E-state index contributed by atoms with van der Waals surface area (Å²) in [6.07, 6.45) is 0. The van der Waals surface area contributed by atoms with Gasteiger partial charge in [-0.2, -0.15) is 0 Å². The second-order valence-electron chi connectivity index (χ2n) is 7.45. The Morgan fingerprint density at radius 2 is 1.75 bits per heavy atom. The molecule has 3 rings (SSSR count). The van der Waals surface area contributed by atoms with E-state index in [1.807, 2.05) is 19.9 Å². The van der Waals surface area contributed by atoms with Gasteiger partial charge >= 0.3 is 5.97 Å². The molecule has 0 radical (unpaired) electrons. The van der Waals surface area contributed by atoms with Crippen LogP contribution in [0.1, 0.15) is 44.6 Å². The zero-order chi connectivity index (χ0) is 20.3. The van der Waals surface area contributed by atoms with Gasteiger partial charge in [-0.1, -0.05) is 30.3 Å². The van der Waals surface area contributed by atoms with Gasteiger partial charge in [0.05, 0.1) is 13.2 Å². The van der Waals surface area contributed by atoms with E-state index in [0.717, 1.165) is 38.4 Å². The number of aryl methyl sites for hydroxylation is 1. The third-order valence-electron chi connectivity index (χ3n) is 5.66. The molecule has 0 saturated carbocycles. The summed E-state index contributed by atoms with van der Waals surface area (Å²) in [5.41, 5.74) is 3.68. The minimum atomic E-state index is -0.443. The molecular weight excluding hydrogens is 354 g/mol. The lowest BCUT2D eigenvalue weighted by atomic mass is 9.99. The number of aromatic nitrogens is 1. The summed E-state index contributed by atoms with van der Waals surface area (Å²) in [5.74, 6) is -0.389. The van der Waals surface area contributed by atoms with Gasteiger partial charge in [0.2, 0.25) is 0 Å². The highest BCUT2D eigenvalue weighted by Crippen LogP contribution is 2.22. The Labute approximate surface area is 166 Å². The van der Waals surface area contributed by atoms with E-state index in [4.69, 9.17) is 4.74 Å². The Bertz CT molecular complexity index is 836. The van der Waals surface area contributed by atoms with Crippen LogP contribution in [0.4, 0.5) is 0 Å². The van der Waals surface area contributed by atoms with Gasteiger partial charge in [-0.05, 0) is 31.9 Å². The van der Waals surface area contributed by atoms with E-state index < -0.39 is 5.97 Å². The molecule has 0 aliphatic carbocycles. The average Bonchev–Trinajstić information content (AvgIpc) is 3.01. The van der Waals surface area contributed by atoms with Crippen molar-refractivity contribution < 1.29 is 14.3 Å². The first-order valence-electron chi connectivity index (χ1n) is 9.74. The zero-order valence-corrected chi connectivity index (χ0v) is 17.1. The number of ketones is 1. The molecule has 28 heavy (non-hydrogen) atoms. The van der Waals surface area contributed by atoms with Gasteiger partial charge in [0.15, 0.2) is 5.78 Å². The second kappa shape index (κ2) is 8.71. The molecule has 1 aliphatic rings. The highest BCUT2D eigenvalue weighted by atomic mass is 16.5. The maximum absolute atomic E-state index is 13.2. The van der Waals surface area contributed by atoms with Gasteiger partial charge < -0.3 is 9.72 Å². The van der Waals surface area contributed by atoms with E-state index in [0.29, 0.717) is 16.8 Å². The lowest BCUT2D eigenvalue weighted by molar-refractivity contribution is 0.0594. The molecule has 6 heteroatoms. The third kappa shape index (κ3) is 4.18. The SMILES string of the molecule is COC(=O)c1[nH]c(C)c(C(=O)[C@@H](C)N2CCN(Cc3ccccc3)CC2)c1C. The Kier molecular flexibility index (Phi) is 6.31. The van der Waals surface area contributed by atoms with Crippen molar-refractivity contribution in [1.82, 2.24) is 14.8 Å². The quantitative estimate of drug-likeness (QED) is 0.614. The number of hydrogen-bond acceptors (Lipinski definition) is 5. The maximum Gasteiger partial charge on any atom is 0.354 e. The fourth-order valence-electron chi connectivity index (χ4n) is 3.95. The summed E-state index contributed by atoms with van der Waals surface area (Å²) in [6, 6.07) is 10.2. The van der Waals surface area contributed by atoms with Gasteiger partial charge in [0.1, 0.15) is 5.69 Å². The van der Waals surface area contributed by atoms with Crippen molar-refractivity contribution in [3.8, 4) is 0 Å². The first-order valence-corrected chi connectivity index (χ1v) is 9.74. The van der Waals surface area contributed by atoms with Crippen LogP contribution in [0, 0.1) is 13.8 Å². The first kappa shape index (κ1) is 20.3. The summed E-state index contributed by atoms with van der Waals surface area (Å²) in [4.78, 5) is 32.7. The van der Waals surface area contributed by atoms with Crippen molar-refractivity contribution in [2.24, 2.45) is 0 Å². The summed E-state index contributed by atoms with van der Waals surface area (Å²) >= 11 is 0. The minimum Gasteiger partial charge on any atom is -0.464 e. The first-order chi connectivity index (χ1) is 13.4. The molecular formula is C22H29N3O3. The number of ether oxygens (including phenoxy) is 1. The van der Waals surface area contributed by atoms with E-state index in [9.17, 15) is 9.59 Å². The molecule has 1 aromatic carbocycles. The molecule has 2 heterocycles. The van der Waals surface area contributed by atoms with Crippen molar-refractivity contribution in [2.75, 3.05) is 33.3 Å². The van der Waals surface area contributed by atoms with Crippen molar-refractivity contribution >= 4 is 11.8 Å². The fraction of sp³-hybridized carbons (Fsp3) is 0.455. The predicted octanol–water partition coefficient (Wildman–Crippen LogP) is 2.81. The van der Waals surface area contributed by atoms with E-state index in [1.54, 1.807) is 6.92 Å². The monoisotopic (exact) mass is 383 g/mol. The topological polar surface area (TPSA) is 65.6 Å². The summed E-state index contributed by atoms with van der Waals surface area (Å²) < 4.78 is 4.81. The van der Waals surface area contributed by atoms with Crippen molar-refractivity contribution in [2.45, 2.75) is 33.4 Å². The van der Waals surface area contributed by atoms with Gasteiger partial charge in [0, 0.05) is 44.0 Å². The Morgan fingerprint density at radius 3 is 2.36 bits per heavy atom. The molecule has 0 spiro atoms. The summed E-state index contributed by atoms with van der Waals surface area (Å²) in [5, 5.41) is 0. The number of aromatic amines is 1. The molecule has 0 bridgehead atoms. The third-order valence-corrected chi connectivity index (χ3v) is 5.66. The molecule has 2 aromatic rings. The zero-order valence-electron chi connectivity index (χ0n) is 17.1. The number of piperazine rings is 1. The molecule has 1 N–H and O–H groups in total. The van der Waals surface area contributed by atoms with E-state index in [-0.39, 0.29) is 11.8 Å². The molecule has 0 amide bonds. The Morgan fingerprint density at radius 1 is 1.11 bits per heavy atom. The number of carbonyl (C=O) groups excluding carboxylic acids is 2. The number of H-pyrrole nitrogens is 1. The van der Waals surface area contributed by atoms with Gasteiger partial charge in [-0.3, -0.25) is 14.6 Å². The molecule has 1 atom stereocenters. The van der Waals surface area contributed by atoms with E-state index in [2.05, 4.69) is 39.0 Å². The normalized spacial score (nSPS) is 16.7. The standard InChI is InChI=1S/C22H29N3O3/c1-15-19(16(2)23-20(15)22(27)28-4)21(26)17(3)25-12-10-24(11-13-25)14-18-8-6-5-7-9-18/h5-9,17,23H,10-14H2,1-4H3/t17-/m1/s1. The fourth-order valence-corrected chi connectivity index (χ4v) is 3.95. The van der Waals surface area contributed by atoms with E-state index >= 15 is 0 Å². The number of esters is 1. The van der Waals surface area contributed by atoms with Gasteiger partial charge in [-0.15, -0.1) is 0 Å². The van der Waals surface area contributed by atoms with Crippen LogP contribution in [0.2, 0.25) is 0 Å². The van der Waals surface area contributed by atoms with Crippen LogP contribution in [0.25, 0.3) is 0 Å². The maximum atomic E-state index is 13.2. The van der Waals surface area contributed by atoms with E-state index in [1.165, 1.54) is 12.7 Å². The van der Waals surface area contributed by atoms with Crippen molar-refractivity contribution in [3.05, 3.63) is 58.4 Å². The molecule has 0 unspecified atom stereocenters.